The number of nitrogens with one attached hydrogen (secondary N) is 1. The number of halogens is 1. The largest absolute Gasteiger partial charge is 0.497 e. The number of nitrogens with zero attached hydrogens (tertiary/aromatic N) is 6. The van der Waals surface area contributed by atoms with Crippen LogP contribution in [0.5, 0.6) is 11.5 Å². The Bertz CT molecular complexity index is 1410. The van der Waals surface area contributed by atoms with Gasteiger partial charge in [-0.1, -0.05) is 35.9 Å². The minimum absolute atomic E-state index is 0.0582. The van der Waals surface area contributed by atoms with E-state index in [9.17, 15) is 4.79 Å². The fourth-order valence-electron chi connectivity index (χ4n) is 5.35. The molecule has 1 fully saturated rings. The summed E-state index contributed by atoms with van der Waals surface area (Å²) in [5.41, 5.74) is 2.72. The molecule has 2 aliphatic rings. The van der Waals surface area contributed by atoms with E-state index in [2.05, 4.69) is 20.1 Å². The first-order valence-corrected chi connectivity index (χ1v) is 14.5. The number of amides is 1. The van der Waals surface area contributed by atoms with Gasteiger partial charge in [-0.25, -0.2) is 4.98 Å². The summed E-state index contributed by atoms with van der Waals surface area (Å²) in [7, 11) is 7.20. The maximum atomic E-state index is 12.8. The van der Waals surface area contributed by atoms with Crippen molar-refractivity contribution < 1.29 is 14.3 Å². The maximum Gasteiger partial charge on any atom is 0.246 e. The maximum absolute atomic E-state index is 12.8. The average Bonchev–Trinajstić information content (AvgIpc) is 3.01. The van der Waals surface area contributed by atoms with Crippen molar-refractivity contribution in [2.24, 2.45) is 0 Å². The predicted molar refractivity (Wildman–Crippen MR) is 167 cm³/mol. The number of anilines is 4. The number of rotatable bonds is 9. The number of aromatic nitrogens is 2. The van der Waals surface area contributed by atoms with Gasteiger partial charge < -0.3 is 34.4 Å². The first-order chi connectivity index (χ1) is 20.4. The molecule has 1 amide bonds. The van der Waals surface area contributed by atoms with Gasteiger partial charge in [-0.2, -0.15) is 4.98 Å². The van der Waals surface area contributed by atoms with Crippen molar-refractivity contribution >= 4 is 40.6 Å². The Morgan fingerprint density at radius 3 is 2.60 bits per heavy atom. The zero-order valence-corrected chi connectivity index (χ0v) is 25.3. The molecule has 2 aromatic carbocycles. The summed E-state index contributed by atoms with van der Waals surface area (Å²) in [5.74, 6) is 2.70. The van der Waals surface area contributed by atoms with Crippen LogP contribution in [0.1, 0.15) is 18.4 Å². The van der Waals surface area contributed by atoms with Crippen LogP contribution in [0.15, 0.2) is 60.8 Å². The molecule has 0 radical (unpaired) electrons. The number of para-hydroxylation sites is 1. The lowest BCUT2D eigenvalue weighted by molar-refractivity contribution is -0.127. The third kappa shape index (κ3) is 6.71. The molecule has 0 atom stereocenters. The van der Waals surface area contributed by atoms with E-state index in [0.29, 0.717) is 48.8 Å². The van der Waals surface area contributed by atoms with Crippen LogP contribution in [0.4, 0.5) is 23.1 Å². The summed E-state index contributed by atoms with van der Waals surface area (Å²) in [6.07, 6.45) is 7.12. The summed E-state index contributed by atoms with van der Waals surface area (Å²) in [6.45, 7) is 3.22. The SMILES string of the molecule is COc1cc(OC)c(Cl)c(N2Cc3cnc(Nc4ccccc4)nc3N(C3CCN(C(=O)/C=C/CN(C)C)CC3)C2)c1. The third-order valence-corrected chi connectivity index (χ3v) is 7.95. The molecule has 3 heterocycles. The van der Waals surface area contributed by atoms with E-state index in [1.54, 1.807) is 26.4 Å². The van der Waals surface area contributed by atoms with E-state index in [0.717, 1.165) is 42.1 Å². The number of likely N-dealkylation sites (tertiary alicyclic amines) is 1. The van der Waals surface area contributed by atoms with Gasteiger partial charge in [0.15, 0.2) is 0 Å². The molecule has 1 saturated heterocycles. The molecule has 10 nitrogen and oxygen atoms in total. The Kier molecular flexibility index (Phi) is 9.34. The number of benzene rings is 2. The number of methoxy groups -OCH3 is 2. The highest BCUT2D eigenvalue weighted by Gasteiger charge is 2.34. The molecular weight excluding hydrogens is 554 g/mol. The third-order valence-electron chi connectivity index (χ3n) is 7.57. The molecule has 0 bridgehead atoms. The molecule has 2 aliphatic heterocycles. The molecule has 0 saturated carbocycles. The van der Waals surface area contributed by atoms with Gasteiger partial charge in [0, 0.05) is 67.9 Å². The highest BCUT2D eigenvalue weighted by molar-refractivity contribution is 6.34. The summed E-state index contributed by atoms with van der Waals surface area (Å²) >= 11 is 6.83. The number of ether oxygens (including phenoxy) is 2. The van der Waals surface area contributed by atoms with Crippen LogP contribution >= 0.6 is 11.6 Å². The highest BCUT2D eigenvalue weighted by atomic mass is 35.5. The van der Waals surface area contributed by atoms with E-state index in [1.165, 1.54) is 0 Å². The van der Waals surface area contributed by atoms with Crippen molar-refractivity contribution in [1.82, 2.24) is 19.8 Å². The van der Waals surface area contributed by atoms with Crippen LogP contribution in [-0.4, -0.2) is 86.3 Å². The van der Waals surface area contributed by atoms with Crippen LogP contribution < -0.4 is 24.6 Å². The lowest BCUT2D eigenvalue weighted by atomic mass is 10.0. The minimum atomic E-state index is 0.0582. The Hall–Kier alpha value is -4.02. The van der Waals surface area contributed by atoms with Gasteiger partial charge in [0.25, 0.3) is 0 Å². The highest BCUT2D eigenvalue weighted by Crippen LogP contribution is 2.42. The number of carbonyl (C=O) groups excluding carboxylic acids is 1. The Morgan fingerprint density at radius 2 is 1.90 bits per heavy atom. The van der Waals surface area contributed by atoms with E-state index >= 15 is 0 Å². The monoisotopic (exact) mass is 591 g/mol. The number of carbonyl (C=O) groups is 1. The standard InChI is InChI=1S/C31H38ClN7O3/c1-36(2)14-8-11-28(40)37-15-12-24(13-16-37)39-21-38(26-17-25(41-3)18-27(42-4)29(26)32)20-22-19-33-31(35-30(22)39)34-23-9-6-5-7-10-23/h5-11,17-19,24H,12-16,20-21H2,1-4H3,(H,33,34,35)/b11-8+. The fourth-order valence-corrected chi connectivity index (χ4v) is 5.65. The van der Waals surface area contributed by atoms with Gasteiger partial charge in [-0.3, -0.25) is 4.79 Å². The second-order valence-corrected chi connectivity index (χ2v) is 11.1. The van der Waals surface area contributed by atoms with Gasteiger partial charge in [0.1, 0.15) is 22.3 Å². The normalized spacial score (nSPS) is 15.7. The van der Waals surface area contributed by atoms with E-state index in [1.807, 2.05) is 72.6 Å². The molecule has 5 rings (SSSR count). The van der Waals surface area contributed by atoms with Crippen molar-refractivity contribution in [2.45, 2.75) is 25.4 Å². The van der Waals surface area contributed by atoms with Crippen LogP contribution in [0, 0.1) is 0 Å². The van der Waals surface area contributed by atoms with Gasteiger partial charge in [0.05, 0.1) is 26.6 Å². The average molecular weight is 592 g/mol. The molecule has 1 aromatic heterocycles. The molecule has 11 heteroatoms. The lowest BCUT2D eigenvalue weighted by Crippen LogP contribution is -2.52. The van der Waals surface area contributed by atoms with Crippen molar-refractivity contribution in [2.75, 3.05) is 69.7 Å². The Morgan fingerprint density at radius 1 is 1.14 bits per heavy atom. The molecule has 3 aromatic rings. The number of likely N-dealkylation sites (N-methyl/N-ethyl adjacent to an activating group) is 1. The topological polar surface area (TPSA) is 86.3 Å². The van der Waals surface area contributed by atoms with Crippen LogP contribution in [0.25, 0.3) is 0 Å². The zero-order chi connectivity index (χ0) is 29.6. The molecule has 0 spiro atoms. The Balaban J connectivity index is 1.42. The summed E-state index contributed by atoms with van der Waals surface area (Å²) in [6, 6.07) is 13.8. The molecule has 0 unspecified atom stereocenters. The Labute approximate surface area is 252 Å². The number of piperidine rings is 1. The van der Waals surface area contributed by atoms with Gasteiger partial charge in [0.2, 0.25) is 11.9 Å². The predicted octanol–water partition coefficient (Wildman–Crippen LogP) is 4.78. The van der Waals surface area contributed by atoms with Gasteiger partial charge in [-0.05, 0) is 39.1 Å². The van der Waals surface area contributed by atoms with Crippen LogP contribution in [0.2, 0.25) is 5.02 Å². The number of hydrogen-bond acceptors (Lipinski definition) is 9. The van der Waals surface area contributed by atoms with Gasteiger partial charge >= 0.3 is 0 Å². The smallest absolute Gasteiger partial charge is 0.246 e. The molecule has 42 heavy (non-hydrogen) atoms. The van der Waals surface area contributed by atoms with Crippen molar-refractivity contribution in [3.63, 3.8) is 0 Å². The van der Waals surface area contributed by atoms with Crippen LogP contribution in [-0.2, 0) is 11.3 Å². The van der Waals surface area contributed by atoms with E-state index < -0.39 is 0 Å². The molecule has 0 aliphatic carbocycles. The van der Waals surface area contributed by atoms with Gasteiger partial charge in [-0.15, -0.1) is 0 Å². The molecule has 1 N–H and O–H groups in total. The molecular formula is C31H38ClN7O3. The molecule has 222 valence electrons. The number of fused-ring (bicyclic) bond motifs is 1. The van der Waals surface area contributed by atoms with Crippen molar-refractivity contribution in [3.05, 3.63) is 71.4 Å². The van der Waals surface area contributed by atoms with Crippen molar-refractivity contribution in [3.8, 4) is 11.5 Å². The minimum Gasteiger partial charge on any atom is -0.497 e. The summed E-state index contributed by atoms with van der Waals surface area (Å²) < 4.78 is 11.1. The first kappa shape index (κ1) is 29.5. The second-order valence-electron chi connectivity index (χ2n) is 10.7. The second kappa shape index (κ2) is 13.3. The fraction of sp³-hybridized carbons (Fsp3) is 0.387. The lowest BCUT2D eigenvalue weighted by Gasteiger charge is -2.45. The number of hydrogen-bond donors (Lipinski definition) is 1. The zero-order valence-electron chi connectivity index (χ0n) is 24.6. The summed E-state index contributed by atoms with van der Waals surface area (Å²) in [4.78, 5) is 30.9. The quantitative estimate of drug-likeness (QED) is 0.353. The van der Waals surface area contributed by atoms with Crippen molar-refractivity contribution in [1.29, 1.82) is 0 Å². The first-order valence-electron chi connectivity index (χ1n) is 14.1. The van der Waals surface area contributed by atoms with Crippen LogP contribution in [0.3, 0.4) is 0 Å². The van der Waals surface area contributed by atoms with E-state index in [4.69, 9.17) is 26.1 Å². The summed E-state index contributed by atoms with van der Waals surface area (Å²) in [5, 5.41) is 3.85. The van der Waals surface area contributed by atoms with E-state index in [-0.39, 0.29) is 11.9 Å².